The van der Waals surface area contributed by atoms with Gasteiger partial charge in [0.15, 0.2) is 0 Å². The van der Waals surface area contributed by atoms with Crippen LogP contribution < -0.4 is 10.6 Å². The summed E-state index contributed by atoms with van der Waals surface area (Å²) >= 11 is 5.94. The largest absolute Gasteiger partial charge is 0.312 e. The number of nitrogens with one attached hydrogen (secondary N) is 2. The van der Waals surface area contributed by atoms with E-state index in [1.807, 2.05) is 12.1 Å². The highest BCUT2D eigenvalue weighted by Crippen LogP contribution is 2.19. The van der Waals surface area contributed by atoms with Crippen molar-refractivity contribution in [3.8, 4) is 0 Å². The number of unbranched alkanes of at least 4 members (excludes halogenated alkanes) is 2. The van der Waals surface area contributed by atoms with Gasteiger partial charge in [-0.2, -0.15) is 0 Å². The van der Waals surface area contributed by atoms with E-state index in [1.165, 1.54) is 50.5 Å². The third-order valence-corrected chi connectivity index (χ3v) is 4.69. The van der Waals surface area contributed by atoms with Crippen LogP contribution in [-0.2, 0) is 6.54 Å². The molecular formula is C18H29ClN2. The number of hydrogen-bond donors (Lipinski definition) is 2. The lowest BCUT2D eigenvalue weighted by atomic mass is 9.90. The van der Waals surface area contributed by atoms with Gasteiger partial charge in [0, 0.05) is 23.7 Å². The Morgan fingerprint density at radius 2 is 1.67 bits per heavy atom. The van der Waals surface area contributed by atoms with E-state index in [1.54, 1.807) is 0 Å². The molecule has 0 aliphatic heterocycles. The molecule has 0 amide bonds. The molecule has 0 aromatic heterocycles. The summed E-state index contributed by atoms with van der Waals surface area (Å²) < 4.78 is 0. The molecule has 118 valence electrons. The highest BCUT2D eigenvalue weighted by molar-refractivity contribution is 6.30. The molecule has 0 saturated heterocycles. The van der Waals surface area contributed by atoms with Crippen LogP contribution in [0.1, 0.15) is 57.4 Å². The number of hydrogen-bond acceptors (Lipinski definition) is 2. The zero-order valence-electron chi connectivity index (χ0n) is 13.2. The van der Waals surface area contributed by atoms with E-state index in [0.29, 0.717) is 12.1 Å². The SMILES string of the molecule is CCCCCN[C@@H]1CCCC[C@H]1NCc1ccc(Cl)cc1. The molecule has 1 aromatic carbocycles. The first-order chi connectivity index (χ1) is 10.3. The molecule has 3 heteroatoms. The average Bonchev–Trinajstić information content (AvgIpc) is 2.52. The molecule has 1 aromatic rings. The lowest BCUT2D eigenvalue weighted by Crippen LogP contribution is -2.49. The number of rotatable bonds is 8. The Kier molecular flexibility index (Phi) is 7.56. The van der Waals surface area contributed by atoms with E-state index < -0.39 is 0 Å². The van der Waals surface area contributed by atoms with Gasteiger partial charge < -0.3 is 10.6 Å². The van der Waals surface area contributed by atoms with Gasteiger partial charge in [-0.05, 0) is 43.5 Å². The van der Waals surface area contributed by atoms with E-state index in [-0.39, 0.29) is 0 Å². The van der Waals surface area contributed by atoms with Crippen LogP contribution in [-0.4, -0.2) is 18.6 Å². The first-order valence-corrected chi connectivity index (χ1v) is 8.88. The monoisotopic (exact) mass is 308 g/mol. The minimum atomic E-state index is 0.607. The molecule has 0 heterocycles. The normalized spacial score (nSPS) is 22.4. The second-order valence-electron chi connectivity index (χ2n) is 6.17. The Morgan fingerprint density at radius 3 is 2.33 bits per heavy atom. The van der Waals surface area contributed by atoms with Crippen molar-refractivity contribution < 1.29 is 0 Å². The Bertz CT molecular complexity index is 391. The third kappa shape index (κ3) is 5.98. The van der Waals surface area contributed by atoms with Gasteiger partial charge in [0.2, 0.25) is 0 Å². The number of halogens is 1. The Morgan fingerprint density at radius 1 is 1.00 bits per heavy atom. The van der Waals surface area contributed by atoms with E-state index in [4.69, 9.17) is 11.6 Å². The highest BCUT2D eigenvalue weighted by atomic mass is 35.5. The molecule has 1 fully saturated rings. The predicted octanol–water partition coefficient (Wildman–Crippen LogP) is 4.52. The molecule has 2 nitrogen and oxygen atoms in total. The van der Waals surface area contributed by atoms with Crippen LogP contribution in [0.4, 0.5) is 0 Å². The van der Waals surface area contributed by atoms with Crippen LogP contribution in [0, 0.1) is 0 Å². The van der Waals surface area contributed by atoms with Gasteiger partial charge in [-0.1, -0.05) is 56.3 Å². The van der Waals surface area contributed by atoms with Crippen LogP contribution in [0.25, 0.3) is 0 Å². The summed E-state index contributed by atoms with van der Waals surface area (Å²) in [6.45, 7) is 4.36. The minimum absolute atomic E-state index is 0.607. The fraction of sp³-hybridized carbons (Fsp3) is 0.667. The van der Waals surface area contributed by atoms with Crippen LogP contribution in [0.15, 0.2) is 24.3 Å². The van der Waals surface area contributed by atoms with Crippen molar-refractivity contribution in [3.05, 3.63) is 34.9 Å². The van der Waals surface area contributed by atoms with Crippen molar-refractivity contribution in [2.24, 2.45) is 0 Å². The second kappa shape index (κ2) is 9.45. The van der Waals surface area contributed by atoms with E-state index in [2.05, 4.69) is 29.7 Å². The summed E-state index contributed by atoms with van der Waals surface area (Å²) in [5.74, 6) is 0. The van der Waals surface area contributed by atoms with Gasteiger partial charge in [0.25, 0.3) is 0 Å². The fourth-order valence-electron chi connectivity index (χ4n) is 3.13. The van der Waals surface area contributed by atoms with Crippen LogP contribution in [0.2, 0.25) is 5.02 Å². The molecule has 0 unspecified atom stereocenters. The Balaban J connectivity index is 1.76. The quantitative estimate of drug-likeness (QED) is 0.690. The molecule has 21 heavy (non-hydrogen) atoms. The maximum Gasteiger partial charge on any atom is 0.0406 e. The highest BCUT2D eigenvalue weighted by Gasteiger charge is 2.23. The molecular weight excluding hydrogens is 280 g/mol. The maximum absolute atomic E-state index is 5.94. The first-order valence-electron chi connectivity index (χ1n) is 8.51. The molecule has 2 N–H and O–H groups in total. The topological polar surface area (TPSA) is 24.1 Å². The molecule has 1 aliphatic carbocycles. The molecule has 0 spiro atoms. The molecule has 1 aliphatic rings. The summed E-state index contributed by atoms with van der Waals surface area (Å²) in [5.41, 5.74) is 1.31. The first kappa shape index (κ1) is 16.8. The van der Waals surface area contributed by atoms with Gasteiger partial charge in [0.05, 0.1) is 0 Å². The van der Waals surface area contributed by atoms with Gasteiger partial charge >= 0.3 is 0 Å². The fourth-order valence-corrected chi connectivity index (χ4v) is 3.26. The Labute approximate surface area is 134 Å². The summed E-state index contributed by atoms with van der Waals surface area (Å²) in [5, 5.41) is 8.32. The zero-order valence-corrected chi connectivity index (χ0v) is 14.0. The summed E-state index contributed by atoms with van der Waals surface area (Å²) in [6, 6.07) is 9.42. The molecule has 0 bridgehead atoms. The Hall–Kier alpha value is -0.570. The zero-order chi connectivity index (χ0) is 14.9. The van der Waals surface area contributed by atoms with E-state index in [0.717, 1.165) is 18.1 Å². The summed E-state index contributed by atoms with van der Waals surface area (Å²) in [7, 11) is 0. The lowest BCUT2D eigenvalue weighted by Gasteiger charge is -2.33. The predicted molar refractivity (Wildman–Crippen MR) is 91.9 cm³/mol. The third-order valence-electron chi connectivity index (χ3n) is 4.43. The molecule has 0 radical (unpaired) electrons. The maximum atomic E-state index is 5.94. The summed E-state index contributed by atoms with van der Waals surface area (Å²) in [4.78, 5) is 0. The van der Waals surface area contributed by atoms with Gasteiger partial charge in [0.1, 0.15) is 0 Å². The summed E-state index contributed by atoms with van der Waals surface area (Å²) in [6.07, 6.45) is 9.25. The standard InChI is InChI=1S/C18H29ClN2/c1-2-3-6-13-20-17-7-4-5-8-18(17)21-14-15-9-11-16(19)12-10-15/h9-12,17-18,20-21H,2-8,13-14H2,1H3/t17-,18-/m1/s1. The van der Waals surface area contributed by atoms with Crippen molar-refractivity contribution in [1.82, 2.24) is 10.6 Å². The molecule has 2 rings (SSSR count). The van der Waals surface area contributed by atoms with Gasteiger partial charge in [-0.15, -0.1) is 0 Å². The molecule has 1 saturated carbocycles. The second-order valence-corrected chi connectivity index (χ2v) is 6.60. The van der Waals surface area contributed by atoms with Crippen molar-refractivity contribution in [2.75, 3.05) is 6.54 Å². The van der Waals surface area contributed by atoms with Crippen molar-refractivity contribution in [3.63, 3.8) is 0 Å². The van der Waals surface area contributed by atoms with E-state index in [9.17, 15) is 0 Å². The van der Waals surface area contributed by atoms with Crippen LogP contribution in [0.3, 0.4) is 0 Å². The lowest BCUT2D eigenvalue weighted by molar-refractivity contribution is 0.281. The van der Waals surface area contributed by atoms with Crippen LogP contribution >= 0.6 is 11.6 Å². The van der Waals surface area contributed by atoms with Gasteiger partial charge in [-0.25, -0.2) is 0 Å². The van der Waals surface area contributed by atoms with Crippen LogP contribution in [0.5, 0.6) is 0 Å². The minimum Gasteiger partial charge on any atom is -0.312 e. The smallest absolute Gasteiger partial charge is 0.0406 e. The van der Waals surface area contributed by atoms with Crippen molar-refractivity contribution in [2.45, 2.75) is 70.5 Å². The number of benzene rings is 1. The van der Waals surface area contributed by atoms with Crippen molar-refractivity contribution in [1.29, 1.82) is 0 Å². The van der Waals surface area contributed by atoms with E-state index >= 15 is 0 Å². The molecule has 2 atom stereocenters. The average molecular weight is 309 g/mol. The van der Waals surface area contributed by atoms with Crippen molar-refractivity contribution >= 4 is 11.6 Å². The van der Waals surface area contributed by atoms with Gasteiger partial charge in [-0.3, -0.25) is 0 Å².